The van der Waals surface area contributed by atoms with Crippen LogP contribution in [0.5, 0.6) is 0 Å². The van der Waals surface area contributed by atoms with E-state index in [2.05, 4.69) is 20.9 Å². The Bertz CT molecular complexity index is 791. The van der Waals surface area contributed by atoms with E-state index in [9.17, 15) is 5.11 Å². The zero-order chi connectivity index (χ0) is 14.8. The van der Waals surface area contributed by atoms with Crippen molar-refractivity contribution >= 4 is 38.4 Å². The first-order chi connectivity index (χ1) is 10.1. The molecule has 0 spiro atoms. The minimum atomic E-state index is -0.667. The van der Waals surface area contributed by atoms with Gasteiger partial charge in [0.25, 0.3) is 0 Å². The molecule has 0 saturated carbocycles. The number of halogens is 2. The van der Waals surface area contributed by atoms with E-state index in [4.69, 9.17) is 11.6 Å². The Hall–Kier alpha value is -1.42. The quantitative estimate of drug-likeness (QED) is 0.717. The molecule has 1 N–H and O–H groups in total. The van der Waals surface area contributed by atoms with Crippen molar-refractivity contribution < 1.29 is 5.11 Å². The molecule has 21 heavy (non-hydrogen) atoms. The summed E-state index contributed by atoms with van der Waals surface area (Å²) in [6, 6.07) is 17.4. The number of para-hydroxylation sites is 1. The fraction of sp³-hybridized carbons (Fsp3) is 0.118. The van der Waals surface area contributed by atoms with Gasteiger partial charge in [0.1, 0.15) is 0 Å². The van der Waals surface area contributed by atoms with Crippen LogP contribution in [0.1, 0.15) is 17.4 Å². The number of aliphatic hydroxyl groups is 1. The number of hydrogen-bond acceptors (Lipinski definition) is 2. The van der Waals surface area contributed by atoms with Crippen molar-refractivity contribution in [2.75, 3.05) is 0 Å². The molecule has 0 amide bonds. The maximum absolute atomic E-state index is 10.4. The minimum absolute atomic E-state index is 0.437. The van der Waals surface area contributed by atoms with Crippen LogP contribution in [-0.4, -0.2) is 10.1 Å². The first-order valence-corrected chi connectivity index (χ1v) is 7.78. The van der Waals surface area contributed by atoms with E-state index in [1.165, 1.54) is 0 Å². The molecule has 1 atom stereocenters. The fourth-order valence-corrected chi connectivity index (χ4v) is 3.10. The van der Waals surface area contributed by atoms with Gasteiger partial charge >= 0.3 is 0 Å². The molecular weight excluding hydrogens is 350 g/mol. The van der Waals surface area contributed by atoms with Crippen LogP contribution in [-0.2, 0) is 6.42 Å². The zero-order valence-corrected chi connectivity index (χ0v) is 13.5. The molecule has 0 saturated heterocycles. The lowest BCUT2D eigenvalue weighted by molar-refractivity contribution is 0.177. The van der Waals surface area contributed by atoms with Crippen molar-refractivity contribution in [3.05, 3.63) is 75.4 Å². The maximum atomic E-state index is 10.4. The topological polar surface area (TPSA) is 33.1 Å². The van der Waals surface area contributed by atoms with Crippen molar-refractivity contribution in [2.24, 2.45) is 0 Å². The van der Waals surface area contributed by atoms with Crippen molar-refractivity contribution in [1.82, 2.24) is 4.98 Å². The summed E-state index contributed by atoms with van der Waals surface area (Å²) in [6.45, 7) is 0. The summed E-state index contributed by atoms with van der Waals surface area (Å²) in [4.78, 5) is 4.58. The molecule has 0 fully saturated rings. The second-order valence-corrected chi connectivity index (χ2v) is 6.20. The summed E-state index contributed by atoms with van der Waals surface area (Å²) in [5, 5.41) is 12.0. The Morgan fingerprint density at radius 1 is 1.10 bits per heavy atom. The van der Waals surface area contributed by atoms with Crippen LogP contribution in [0.4, 0.5) is 0 Å². The van der Waals surface area contributed by atoms with Crippen molar-refractivity contribution in [2.45, 2.75) is 12.5 Å². The van der Waals surface area contributed by atoms with Gasteiger partial charge in [-0.2, -0.15) is 0 Å². The number of aliphatic hydroxyl groups excluding tert-OH is 1. The molecule has 4 heteroatoms. The molecule has 106 valence electrons. The smallest absolute Gasteiger partial charge is 0.0859 e. The van der Waals surface area contributed by atoms with E-state index in [1.807, 2.05) is 48.5 Å². The predicted octanol–water partition coefficient (Wildman–Crippen LogP) is 4.93. The van der Waals surface area contributed by atoms with E-state index >= 15 is 0 Å². The number of benzene rings is 2. The molecule has 3 rings (SSSR count). The Kier molecular flexibility index (Phi) is 4.24. The highest BCUT2D eigenvalue weighted by atomic mass is 79.9. The van der Waals surface area contributed by atoms with Gasteiger partial charge in [-0.05, 0) is 29.8 Å². The fourth-order valence-electron chi connectivity index (χ4n) is 2.30. The molecule has 0 aliphatic rings. The van der Waals surface area contributed by atoms with Gasteiger partial charge in [-0.15, -0.1) is 0 Å². The highest BCUT2D eigenvalue weighted by Gasteiger charge is 2.13. The normalized spacial score (nSPS) is 12.5. The number of pyridine rings is 1. The predicted molar refractivity (Wildman–Crippen MR) is 89.6 cm³/mol. The van der Waals surface area contributed by atoms with Crippen molar-refractivity contribution in [3.63, 3.8) is 0 Å². The maximum Gasteiger partial charge on any atom is 0.0859 e. The average Bonchev–Trinajstić information content (AvgIpc) is 2.47. The van der Waals surface area contributed by atoms with Gasteiger partial charge in [0.05, 0.1) is 11.6 Å². The highest BCUT2D eigenvalue weighted by Crippen LogP contribution is 2.28. The van der Waals surface area contributed by atoms with Gasteiger partial charge < -0.3 is 5.11 Å². The lowest BCUT2D eigenvalue weighted by atomic mass is 10.0. The summed E-state index contributed by atoms with van der Waals surface area (Å²) in [6.07, 6.45) is -0.231. The summed E-state index contributed by atoms with van der Waals surface area (Å²) in [5.41, 5.74) is 2.50. The summed E-state index contributed by atoms with van der Waals surface area (Å²) in [5.74, 6) is 0. The van der Waals surface area contributed by atoms with Crippen molar-refractivity contribution in [3.8, 4) is 0 Å². The highest BCUT2D eigenvalue weighted by molar-refractivity contribution is 9.10. The van der Waals surface area contributed by atoms with E-state index in [0.29, 0.717) is 11.4 Å². The third-order valence-corrected chi connectivity index (χ3v) is 4.20. The minimum Gasteiger partial charge on any atom is -0.388 e. The first kappa shape index (κ1) is 14.5. The van der Waals surface area contributed by atoms with E-state index < -0.39 is 6.10 Å². The number of aromatic nitrogens is 1. The van der Waals surface area contributed by atoms with Crippen LogP contribution in [0, 0.1) is 0 Å². The second-order valence-electron chi connectivity index (χ2n) is 4.88. The third-order valence-electron chi connectivity index (χ3n) is 3.38. The van der Waals surface area contributed by atoms with Gasteiger partial charge in [0.2, 0.25) is 0 Å². The number of hydrogen-bond donors (Lipinski definition) is 1. The molecule has 1 heterocycles. The second kappa shape index (κ2) is 6.14. The van der Waals surface area contributed by atoms with Crippen LogP contribution in [0.15, 0.2) is 59.1 Å². The average molecular weight is 363 g/mol. The van der Waals surface area contributed by atoms with E-state index in [1.54, 1.807) is 6.07 Å². The molecule has 0 bridgehead atoms. The van der Waals surface area contributed by atoms with Gasteiger partial charge in [-0.25, -0.2) is 0 Å². The zero-order valence-electron chi connectivity index (χ0n) is 11.1. The molecule has 2 nitrogen and oxygen atoms in total. The molecule has 1 aromatic heterocycles. The molecule has 2 aromatic carbocycles. The molecular formula is C17H13BrClNO. The molecule has 1 unspecified atom stereocenters. The SMILES string of the molecule is OC(Cc1ccc2ccccc2n1)c1ccc(Br)cc1Cl. The number of rotatable bonds is 3. The number of nitrogens with zero attached hydrogens (tertiary/aromatic N) is 1. The first-order valence-electron chi connectivity index (χ1n) is 6.61. The van der Waals surface area contributed by atoms with Gasteiger partial charge in [-0.3, -0.25) is 4.98 Å². The lowest BCUT2D eigenvalue weighted by Gasteiger charge is -2.13. The summed E-state index contributed by atoms with van der Waals surface area (Å²) >= 11 is 9.54. The molecule has 0 aliphatic heterocycles. The standard InChI is InChI=1S/C17H13BrClNO/c18-12-6-8-14(15(19)9-12)17(21)10-13-7-5-11-3-1-2-4-16(11)20-13/h1-9,17,21H,10H2. The van der Waals surface area contributed by atoms with Gasteiger partial charge in [0, 0.05) is 27.0 Å². The van der Waals surface area contributed by atoms with Crippen LogP contribution in [0.25, 0.3) is 10.9 Å². The molecule has 3 aromatic rings. The van der Waals surface area contributed by atoms with Gasteiger partial charge in [-0.1, -0.05) is 57.9 Å². The number of fused-ring (bicyclic) bond motifs is 1. The van der Waals surface area contributed by atoms with E-state index in [-0.39, 0.29) is 0 Å². The Labute approximate surface area is 136 Å². The Morgan fingerprint density at radius 2 is 1.90 bits per heavy atom. The van der Waals surface area contributed by atoms with Gasteiger partial charge in [0.15, 0.2) is 0 Å². The molecule has 0 aliphatic carbocycles. The Morgan fingerprint density at radius 3 is 2.71 bits per heavy atom. The third kappa shape index (κ3) is 3.26. The van der Waals surface area contributed by atoms with Crippen LogP contribution < -0.4 is 0 Å². The van der Waals surface area contributed by atoms with Crippen LogP contribution in [0.2, 0.25) is 5.02 Å². The molecule has 0 radical (unpaired) electrons. The van der Waals surface area contributed by atoms with Crippen LogP contribution in [0.3, 0.4) is 0 Å². The monoisotopic (exact) mass is 361 g/mol. The summed E-state index contributed by atoms with van der Waals surface area (Å²) < 4.78 is 0.896. The lowest BCUT2D eigenvalue weighted by Crippen LogP contribution is -2.04. The van der Waals surface area contributed by atoms with Crippen molar-refractivity contribution in [1.29, 1.82) is 0 Å². The Balaban J connectivity index is 1.87. The van der Waals surface area contributed by atoms with Crippen LogP contribution >= 0.6 is 27.5 Å². The van der Waals surface area contributed by atoms with E-state index in [0.717, 1.165) is 26.6 Å². The summed E-state index contributed by atoms with van der Waals surface area (Å²) in [7, 11) is 0. The largest absolute Gasteiger partial charge is 0.388 e.